The van der Waals surface area contributed by atoms with Crippen LogP contribution < -0.4 is 0 Å². The van der Waals surface area contributed by atoms with Gasteiger partial charge in [0.1, 0.15) is 11.6 Å². The van der Waals surface area contributed by atoms with Crippen molar-refractivity contribution < 1.29 is 27.4 Å². The summed E-state index contributed by atoms with van der Waals surface area (Å²) in [6.45, 7) is 4.86. The van der Waals surface area contributed by atoms with E-state index in [1.54, 1.807) is 36.4 Å². The zero-order valence-corrected chi connectivity index (χ0v) is 18.5. The lowest BCUT2D eigenvalue weighted by atomic mass is 9.92. The Bertz CT molecular complexity index is 1040. The number of ether oxygens (including phenoxy) is 3. The van der Waals surface area contributed by atoms with Crippen LogP contribution in [0, 0.1) is 11.7 Å². The van der Waals surface area contributed by atoms with E-state index >= 15 is 0 Å². The third-order valence-electron chi connectivity index (χ3n) is 6.03. The second-order valence-electron chi connectivity index (χ2n) is 8.25. The standard InChI is InChI=1S/C27H27F3O3/c1-3-4-5-17-15-32-27(33-16-17)20-10-11-21(23(28)14-20)18-6-8-19(9-7-18)22-12-13-24(31-2)26(30)25(22)29/h3,6-14,17,25-27H,1,4-5,15-16H2,2H3. The number of alkyl halides is 2. The molecule has 4 rings (SSSR count). The first kappa shape index (κ1) is 23.3. The van der Waals surface area contributed by atoms with Gasteiger partial charge in [-0.3, -0.25) is 0 Å². The Hall–Kier alpha value is -2.83. The van der Waals surface area contributed by atoms with Gasteiger partial charge in [-0.1, -0.05) is 48.6 Å². The van der Waals surface area contributed by atoms with Gasteiger partial charge in [0, 0.05) is 17.0 Å². The van der Waals surface area contributed by atoms with E-state index in [9.17, 15) is 13.2 Å². The zero-order valence-electron chi connectivity index (χ0n) is 18.5. The lowest BCUT2D eigenvalue weighted by Crippen LogP contribution is -2.27. The molecule has 0 radical (unpaired) electrons. The number of allylic oxidation sites excluding steroid dienone is 5. The molecular formula is C27H27F3O3. The summed E-state index contributed by atoms with van der Waals surface area (Å²) in [6.07, 6.45) is 2.42. The topological polar surface area (TPSA) is 27.7 Å². The largest absolute Gasteiger partial charge is 0.498 e. The van der Waals surface area contributed by atoms with Crippen LogP contribution in [0.5, 0.6) is 0 Å². The molecular weight excluding hydrogens is 429 g/mol. The number of hydrogen-bond acceptors (Lipinski definition) is 3. The van der Waals surface area contributed by atoms with Crippen LogP contribution in [-0.2, 0) is 14.2 Å². The Morgan fingerprint density at radius 1 is 1.00 bits per heavy atom. The normalized spacial score (nSPS) is 25.2. The summed E-state index contributed by atoms with van der Waals surface area (Å²) in [7, 11) is 1.31. The summed E-state index contributed by atoms with van der Waals surface area (Å²) in [5.74, 6) is -0.129. The van der Waals surface area contributed by atoms with Crippen LogP contribution in [0.4, 0.5) is 13.2 Å². The van der Waals surface area contributed by atoms with E-state index in [0.717, 1.165) is 12.8 Å². The van der Waals surface area contributed by atoms with E-state index in [0.29, 0.717) is 41.4 Å². The molecule has 174 valence electrons. The van der Waals surface area contributed by atoms with E-state index < -0.39 is 24.5 Å². The van der Waals surface area contributed by atoms with E-state index in [-0.39, 0.29) is 11.3 Å². The molecule has 3 nitrogen and oxygen atoms in total. The second-order valence-corrected chi connectivity index (χ2v) is 8.25. The predicted molar refractivity (Wildman–Crippen MR) is 122 cm³/mol. The smallest absolute Gasteiger partial charge is 0.192 e. The van der Waals surface area contributed by atoms with E-state index in [4.69, 9.17) is 14.2 Å². The summed E-state index contributed by atoms with van der Waals surface area (Å²) >= 11 is 0. The lowest BCUT2D eigenvalue weighted by Gasteiger charge is -2.29. The second kappa shape index (κ2) is 10.4. The van der Waals surface area contributed by atoms with Gasteiger partial charge in [0.25, 0.3) is 0 Å². The van der Waals surface area contributed by atoms with Crippen molar-refractivity contribution in [2.75, 3.05) is 20.3 Å². The molecule has 1 heterocycles. The maximum absolute atomic E-state index is 14.9. The number of benzene rings is 2. The number of rotatable bonds is 7. The Balaban J connectivity index is 1.46. The van der Waals surface area contributed by atoms with E-state index in [1.165, 1.54) is 25.3 Å². The number of halogens is 3. The van der Waals surface area contributed by atoms with Crippen molar-refractivity contribution in [2.24, 2.45) is 5.92 Å². The maximum Gasteiger partial charge on any atom is 0.192 e. The van der Waals surface area contributed by atoms with Crippen LogP contribution in [0.3, 0.4) is 0 Å². The minimum atomic E-state index is -1.85. The summed E-state index contributed by atoms with van der Waals surface area (Å²) in [5.41, 5.74) is 2.42. The Labute approximate surface area is 192 Å². The van der Waals surface area contributed by atoms with Crippen molar-refractivity contribution in [3.8, 4) is 11.1 Å². The first-order chi connectivity index (χ1) is 16.0. The molecule has 0 N–H and O–H groups in total. The molecule has 33 heavy (non-hydrogen) atoms. The van der Waals surface area contributed by atoms with Crippen LogP contribution in [0.2, 0.25) is 0 Å². The molecule has 0 spiro atoms. The average Bonchev–Trinajstić information content (AvgIpc) is 2.85. The molecule has 2 aliphatic rings. The SMILES string of the molecule is C=CCCC1COC(c2ccc(-c3ccc(C4=CC=C(OC)C(F)C4F)cc3)c(F)c2)OC1. The fraction of sp³-hybridized carbons (Fsp3) is 0.333. The fourth-order valence-corrected chi connectivity index (χ4v) is 4.10. The summed E-state index contributed by atoms with van der Waals surface area (Å²) in [5, 5.41) is 0. The molecule has 1 saturated heterocycles. The van der Waals surface area contributed by atoms with Crippen LogP contribution >= 0.6 is 0 Å². The molecule has 2 aromatic rings. The van der Waals surface area contributed by atoms with E-state index in [1.807, 2.05) is 6.08 Å². The minimum absolute atomic E-state index is 0.0387. The number of hydrogen-bond donors (Lipinski definition) is 0. The molecule has 2 atom stereocenters. The third-order valence-corrected chi connectivity index (χ3v) is 6.03. The first-order valence-corrected chi connectivity index (χ1v) is 11.0. The van der Waals surface area contributed by atoms with Gasteiger partial charge in [0.2, 0.25) is 0 Å². The summed E-state index contributed by atoms with van der Waals surface area (Å²) < 4.78 is 60.0. The highest BCUT2D eigenvalue weighted by Gasteiger charge is 2.32. The van der Waals surface area contributed by atoms with Crippen LogP contribution in [0.15, 0.2) is 73.0 Å². The molecule has 2 aromatic carbocycles. The summed E-state index contributed by atoms with van der Waals surface area (Å²) in [4.78, 5) is 0. The van der Waals surface area contributed by atoms with E-state index in [2.05, 4.69) is 6.58 Å². The van der Waals surface area contributed by atoms with Gasteiger partial charge in [0.05, 0.1) is 20.3 Å². The van der Waals surface area contributed by atoms with Crippen LogP contribution in [-0.4, -0.2) is 32.7 Å². The quantitative estimate of drug-likeness (QED) is 0.433. The molecule has 2 unspecified atom stereocenters. The van der Waals surface area contributed by atoms with Gasteiger partial charge in [-0.2, -0.15) is 0 Å². The minimum Gasteiger partial charge on any atom is -0.498 e. The number of methoxy groups -OCH3 is 1. The maximum atomic E-state index is 14.9. The van der Waals surface area contributed by atoms with Gasteiger partial charge in [0.15, 0.2) is 18.6 Å². The highest BCUT2D eigenvalue weighted by molar-refractivity contribution is 5.75. The third kappa shape index (κ3) is 5.07. The van der Waals surface area contributed by atoms with Crippen molar-refractivity contribution >= 4 is 5.57 Å². The average molecular weight is 457 g/mol. The van der Waals surface area contributed by atoms with Crippen molar-refractivity contribution in [1.29, 1.82) is 0 Å². The first-order valence-electron chi connectivity index (χ1n) is 11.0. The molecule has 1 aliphatic carbocycles. The van der Waals surface area contributed by atoms with Crippen molar-refractivity contribution in [1.82, 2.24) is 0 Å². The van der Waals surface area contributed by atoms with Crippen molar-refractivity contribution in [3.63, 3.8) is 0 Å². The highest BCUT2D eigenvalue weighted by atomic mass is 19.2. The zero-order chi connectivity index (χ0) is 23.4. The molecule has 0 bridgehead atoms. The highest BCUT2D eigenvalue weighted by Crippen LogP contribution is 2.34. The van der Waals surface area contributed by atoms with Gasteiger partial charge in [-0.15, -0.1) is 6.58 Å². The van der Waals surface area contributed by atoms with Crippen molar-refractivity contribution in [3.05, 3.63) is 90.0 Å². The molecule has 0 amide bonds. The van der Waals surface area contributed by atoms with Crippen LogP contribution in [0.25, 0.3) is 16.7 Å². The molecule has 0 saturated carbocycles. The van der Waals surface area contributed by atoms with Gasteiger partial charge in [-0.25, -0.2) is 13.2 Å². The van der Waals surface area contributed by atoms with Crippen molar-refractivity contribution in [2.45, 2.75) is 31.5 Å². The monoisotopic (exact) mass is 456 g/mol. The van der Waals surface area contributed by atoms with Crippen LogP contribution in [0.1, 0.15) is 30.3 Å². The Morgan fingerprint density at radius 3 is 2.33 bits per heavy atom. The summed E-state index contributed by atoms with van der Waals surface area (Å²) in [6, 6.07) is 11.6. The fourth-order valence-electron chi connectivity index (χ4n) is 4.10. The molecule has 0 aromatic heterocycles. The Morgan fingerprint density at radius 2 is 1.70 bits per heavy atom. The van der Waals surface area contributed by atoms with Gasteiger partial charge >= 0.3 is 0 Å². The van der Waals surface area contributed by atoms with Gasteiger partial charge in [-0.05, 0) is 41.7 Å². The molecule has 1 fully saturated rings. The molecule has 1 aliphatic heterocycles. The predicted octanol–water partition coefficient (Wildman–Crippen LogP) is 6.72. The van der Waals surface area contributed by atoms with Gasteiger partial charge < -0.3 is 14.2 Å². The molecule has 6 heteroatoms. The lowest BCUT2D eigenvalue weighted by molar-refractivity contribution is -0.205. The Kier molecular flexibility index (Phi) is 7.36.